The zero-order valence-electron chi connectivity index (χ0n) is 16.6. The van der Waals surface area contributed by atoms with Gasteiger partial charge in [-0.1, -0.05) is 18.2 Å². The number of nitrogens with zero attached hydrogens (tertiary/aromatic N) is 2. The molecule has 0 aliphatic carbocycles. The van der Waals surface area contributed by atoms with Gasteiger partial charge in [-0.05, 0) is 54.4 Å². The number of carbonyl (C=O) groups is 2. The van der Waals surface area contributed by atoms with Gasteiger partial charge in [0.1, 0.15) is 12.4 Å². The van der Waals surface area contributed by atoms with Crippen LogP contribution in [-0.2, 0) is 17.9 Å². The van der Waals surface area contributed by atoms with E-state index >= 15 is 0 Å². The Kier molecular flexibility index (Phi) is 6.03. The van der Waals surface area contributed by atoms with Crippen molar-refractivity contribution in [2.45, 2.75) is 26.0 Å². The molecule has 2 aromatic carbocycles. The molecule has 2 amide bonds. The van der Waals surface area contributed by atoms with Crippen LogP contribution in [-0.4, -0.2) is 23.3 Å². The maximum Gasteiger partial charge on any atom is 0.251 e. The summed E-state index contributed by atoms with van der Waals surface area (Å²) < 4.78 is 5.72. The summed E-state index contributed by atoms with van der Waals surface area (Å²) in [4.78, 5) is 30.1. The number of rotatable bonds is 7. The molecule has 30 heavy (non-hydrogen) atoms. The third kappa shape index (κ3) is 4.84. The summed E-state index contributed by atoms with van der Waals surface area (Å²) in [5.74, 6) is 0.721. The van der Waals surface area contributed by atoms with Crippen LogP contribution in [0.2, 0.25) is 0 Å². The minimum absolute atomic E-state index is 0.146. The average Bonchev–Trinajstić information content (AvgIpc) is 3.23. The van der Waals surface area contributed by atoms with E-state index in [2.05, 4.69) is 10.3 Å². The van der Waals surface area contributed by atoms with Gasteiger partial charge in [0.15, 0.2) is 0 Å². The normalized spacial score (nSPS) is 13.3. The van der Waals surface area contributed by atoms with Crippen molar-refractivity contribution in [2.75, 3.05) is 11.4 Å². The molecule has 1 aliphatic heterocycles. The molecule has 0 radical (unpaired) electrons. The number of nitrogens with one attached hydrogen (secondary N) is 1. The standard InChI is InChI=1S/C24H23N3O3/c28-23-4-2-14-27(23)21-9-5-18(6-10-21)16-26-24(29)20-7-11-22(12-8-20)30-17-19-3-1-13-25-15-19/h1,3,5-13,15H,2,4,14,16-17H2,(H,26,29). The van der Waals surface area contributed by atoms with E-state index in [9.17, 15) is 9.59 Å². The zero-order valence-corrected chi connectivity index (χ0v) is 16.6. The van der Waals surface area contributed by atoms with Gasteiger partial charge < -0.3 is 15.0 Å². The lowest BCUT2D eigenvalue weighted by atomic mass is 10.1. The SMILES string of the molecule is O=C(NCc1ccc(N2CCCC2=O)cc1)c1ccc(OCc2cccnc2)cc1. The van der Waals surface area contributed by atoms with E-state index < -0.39 is 0 Å². The van der Waals surface area contributed by atoms with Gasteiger partial charge in [0.05, 0.1) is 0 Å². The molecule has 0 atom stereocenters. The zero-order chi connectivity index (χ0) is 20.8. The largest absolute Gasteiger partial charge is 0.489 e. The van der Waals surface area contributed by atoms with Gasteiger partial charge in [-0.2, -0.15) is 0 Å². The second-order valence-corrected chi connectivity index (χ2v) is 7.17. The van der Waals surface area contributed by atoms with Gasteiger partial charge >= 0.3 is 0 Å². The van der Waals surface area contributed by atoms with Crippen molar-refractivity contribution >= 4 is 17.5 Å². The fraction of sp³-hybridized carbons (Fsp3) is 0.208. The Balaban J connectivity index is 1.28. The van der Waals surface area contributed by atoms with Gasteiger partial charge in [-0.3, -0.25) is 14.6 Å². The summed E-state index contributed by atoms with van der Waals surface area (Å²) in [6, 6.07) is 18.6. The predicted molar refractivity (Wildman–Crippen MR) is 114 cm³/mol. The molecule has 1 saturated heterocycles. The molecule has 152 valence electrons. The Morgan fingerprint density at radius 1 is 1.03 bits per heavy atom. The number of hydrogen-bond donors (Lipinski definition) is 1. The molecule has 2 heterocycles. The van der Waals surface area contributed by atoms with Gasteiger partial charge in [0.2, 0.25) is 5.91 Å². The summed E-state index contributed by atoms with van der Waals surface area (Å²) in [6.45, 7) is 1.63. The minimum atomic E-state index is -0.146. The quantitative estimate of drug-likeness (QED) is 0.655. The fourth-order valence-electron chi connectivity index (χ4n) is 3.35. The van der Waals surface area contributed by atoms with Crippen LogP contribution in [0, 0.1) is 0 Å². The Morgan fingerprint density at radius 3 is 2.50 bits per heavy atom. The highest BCUT2D eigenvalue weighted by Gasteiger charge is 2.21. The Hall–Kier alpha value is -3.67. The van der Waals surface area contributed by atoms with Crippen molar-refractivity contribution in [2.24, 2.45) is 0 Å². The maximum atomic E-state index is 12.4. The lowest BCUT2D eigenvalue weighted by Gasteiger charge is -2.16. The van der Waals surface area contributed by atoms with E-state index in [-0.39, 0.29) is 11.8 Å². The van der Waals surface area contributed by atoms with Crippen molar-refractivity contribution in [1.29, 1.82) is 0 Å². The minimum Gasteiger partial charge on any atom is -0.489 e. The van der Waals surface area contributed by atoms with Gasteiger partial charge in [0, 0.05) is 48.7 Å². The Bertz CT molecular complexity index is 1000. The lowest BCUT2D eigenvalue weighted by Crippen LogP contribution is -2.24. The van der Waals surface area contributed by atoms with Crippen molar-refractivity contribution in [1.82, 2.24) is 10.3 Å². The molecule has 1 fully saturated rings. The second-order valence-electron chi connectivity index (χ2n) is 7.17. The molecule has 0 bridgehead atoms. The molecule has 4 rings (SSSR count). The smallest absolute Gasteiger partial charge is 0.251 e. The highest BCUT2D eigenvalue weighted by Crippen LogP contribution is 2.21. The van der Waals surface area contributed by atoms with Gasteiger partial charge in [-0.25, -0.2) is 0 Å². The molecule has 3 aromatic rings. The number of benzene rings is 2. The molecular weight excluding hydrogens is 378 g/mol. The predicted octanol–water partition coefficient (Wildman–Crippen LogP) is 3.72. The van der Waals surface area contributed by atoms with E-state index in [0.717, 1.165) is 29.8 Å². The molecule has 1 N–H and O–H groups in total. The summed E-state index contributed by atoms with van der Waals surface area (Å²) in [7, 11) is 0. The van der Waals surface area contributed by atoms with Crippen LogP contribution in [0.15, 0.2) is 73.1 Å². The first-order chi connectivity index (χ1) is 14.7. The summed E-state index contributed by atoms with van der Waals surface area (Å²) in [5, 5.41) is 2.92. The highest BCUT2D eigenvalue weighted by atomic mass is 16.5. The molecule has 6 heteroatoms. The lowest BCUT2D eigenvalue weighted by molar-refractivity contribution is -0.117. The number of pyridine rings is 1. The Morgan fingerprint density at radius 2 is 1.83 bits per heavy atom. The fourth-order valence-corrected chi connectivity index (χ4v) is 3.35. The van der Waals surface area contributed by atoms with Gasteiger partial charge in [-0.15, -0.1) is 0 Å². The van der Waals surface area contributed by atoms with Crippen molar-refractivity contribution in [3.8, 4) is 5.75 Å². The first kappa shape index (κ1) is 19.6. The van der Waals surface area contributed by atoms with Crippen molar-refractivity contribution in [3.05, 3.63) is 89.7 Å². The van der Waals surface area contributed by atoms with E-state index in [4.69, 9.17) is 4.74 Å². The molecule has 0 spiro atoms. The van der Waals surface area contributed by atoms with E-state index in [1.165, 1.54) is 0 Å². The van der Waals surface area contributed by atoms with E-state index in [1.807, 2.05) is 36.4 Å². The number of hydrogen-bond acceptors (Lipinski definition) is 4. The second kappa shape index (κ2) is 9.22. The third-order valence-corrected chi connectivity index (χ3v) is 5.02. The van der Waals surface area contributed by atoms with Crippen LogP contribution in [0.5, 0.6) is 5.75 Å². The molecule has 6 nitrogen and oxygen atoms in total. The summed E-state index contributed by atoms with van der Waals surface area (Å²) in [6.07, 6.45) is 5.01. The monoisotopic (exact) mass is 401 g/mol. The molecule has 1 aromatic heterocycles. The van der Waals surface area contributed by atoms with Crippen LogP contribution in [0.3, 0.4) is 0 Å². The molecule has 0 saturated carbocycles. The number of aromatic nitrogens is 1. The van der Waals surface area contributed by atoms with E-state index in [0.29, 0.717) is 30.9 Å². The highest BCUT2D eigenvalue weighted by molar-refractivity contribution is 5.95. The van der Waals surface area contributed by atoms with Crippen molar-refractivity contribution < 1.29 is 14.3 Å². The summed E-state index contributed by atoms with van der Waals surface area (Å²) >= 11 is 0. The Labute approximate surface area is 175 Å². The maximum absolute atomic E-state index is 12.4. The average molecular weight is 401 g/mol. The molecule has 1 aliphatic rings. The van der Waals surface area contributed by atoms with Crippen LogP contribution < -0.4 is 15.0 Å². The number of carbonyl (C=O) groups excluding carboxylic acids is 2. The van der Waals surface area contributed by atoms with Crippen LogP contribution in [0.25, 0.3) is 0 Å². The number of anilines is 1. The van der Waals surface area contributed by atoms with Crippen molar-refractivity contribution in [3.63, 3.8) is 0 Å². The van der Waals surface area contributed by atoms with Crippen LogP contribution in [0.1, 0.15) is 34.3 Å². The number of amides is 2. The first-order valence-electron chi connectivity index (χ1n) is 9.98. The first-order valence-corrected chi connectivity index (χ1v) is 9.98. The number of ether oxygens (including phenoxy) is 1. The molecular formula is C24H23N3O3. The van der Waals surface area contributed by atoms with E-state index in [1.54, 1.807) is 41.6 Å². The molecule has 0 unspecified atom stereocenters. The van der Waals surface area contributed by atoms with Gasteiger partial charge in [0.25, 0.3) is 5.91 Å². The third-order valence-electron chi connectivity index (χ3n) is 5.02. The topological polar surface area (TPSA) is 71.5 Å². The van der Waals surface area contributed by atoms with Crippen LogP contribution in [0.4, 0.5) is 5.69 Å². The summed E-state index contributed by atoms with van der Waals surface area (Å²) in [5.41, 5.74) is 3.45. The van der Waals surface area contributed by atoms with Crippen LogP contribution >= 0.6 is 0 Å².